The van der Waals surface area contributed by atoms with Crippen molar-refractivity contribution in [2.45, 2.75) is 20.3 Å². The normalized spacial score (nSPS) is 17.1. The minimum atomic E-state index is 0.939. The maximum Gasteiger partial charge on any atom is 0.0882 e. The maximum atomic E-state index is 4.55. The Morgan fingerprint density at radius 3 is 2.90 bits per heavy atom. The van der Waals surface area contributed by atoms with Crippen LogP contribution in [0.3, 0.4) is 0 Å². The standard InChI is InChI=1S/C17H23N3/c1-5-13(3)17-12-16(20(4)19-17)11-14(6-2)15-7-9-18-10-8-15/h5-7,11-12,18H,2,8-10H2,1,3-4H3/b13-5+,14-11+. The van der Waals surface area contributed by atoms with E-state index in [0.29, 0.717) is 0 Å². The van der Waals surface area contributed by atoms with Gasteiger partial charge in [-0.15, -0.1) is 0 Å². The summed E-state index contributed by atoms with van der Waals surface area (Å²) in [5.74, 6) is 0. The van der Waals surface area contributed by atoms with Crippen LogP contribution in [-0.2, 0) is 7.05 Å². The van der Waals surface area contributed by atoms with Crippen LogP contribution < -0.4 is 5.32 Å². The van der Waals surface area contributed by atoms with Gasteiger partial charge in [-0.05, 0) is 55.7 Å². The van der Waals surface area contributed by atoms with Gasteiger partial charge in [-0.3, -0.25) is 4.68 Å². The molecule has 2 heterocycles. The molecule has 0 saturated heterocycles. The highest BCUT2D eigenvalue weighted by Crippen LogP contribution is 2.21. The van der Waals surface area contributed by atoms with Crippen molar-refractivity contribution >= 4 is 11.6 Å². The van der Waals surface area contributed by atoms with Gasteiger partial charge in [0.15, 0.2) is 0 Å². The molecule has 0 unspecified atom stereocenters. The topological polar surface area (TPSA) is 29.9 Å². The number of nitrogens with one attached hydrogen (secondary N) is 1. The Labute approximate surface area is 121 Å². The van der Waals surface area contributed by atoms with Crippen LogP contribution in [0, 0.1) is 0 Å². The number of allylic oxidation sites excluding steroid dienone is 4. The SMILES string of the molecule is C=C/C(=C\c1cc(/C(C)=C/C)nn1C)C1=CCNCC1. The van der Waals surface area contributed by atoms with E-state index in [4.69, 9.17) is 0 Å². The smallest absolute Gasteiger partial charge is 0.0882 e. The van der Waals surface area contributed by atoms with E-state index in [9.17, 15) is 0 Å². The van der Waals surface area contributed by atoms with Gasteiger partial charge in [0.05, 0.1) is 11.4 Å². The Balaban J connectivity index is 2.35. The van der Waals surface area contributed by atoms with Crippen LogP contribution in [0.2, 0.25) is 0 Å². The molecular formula is C17H23N3. The van der Waals surface area contributed by atoms with Gasteiger partial charge in [-0.1, -0.05) is 24.8 Å². The Morgan fingerprint density at radius 2 is 2.30 bits per heavy atom. The molecule has 1 aromatic heterocycles. The van der Waals surface area contributed by atoms with E-state index in [1.165, 1.54) is 16.7 Å². The van der Waals surface area contributed by atoms with Crippen LogP contribution >= 0.6 is 0 Å². The van der Waals surface area contributed by atoms with E-state index < -0.39 is 0 Å². The van der Waals surface area contributed by atoms with Crippen LogP contribution in [0.15, 0.2) is 42.0 Å². The highest BCUT2D eigenvalue weighted by molar-refractivity contribution is 5.66. The zero-order valence-corrected chi connectivity index (χ0v) is 12.6. The minimum Gasteiger partial charge on any atom is -0.313 e. The molecule has 0 atom stereocenters. The lowest BCUT2D eigenvalue weighted by Gasteiger charge is -2.14. The van der Waals surface area contributed by atoms with Gasteiger partial charge < -0.3 is 5.32 Å². The summed E-state index contributed by atoms with van der Waals surface area (Å²) in [6, 6.07) is 2.13. The van der Waals surface area contributed by atoms with E-state index in [2.05, 4.69) is 48.2 Å². The van der Waals surface area contributed by atoms with Crippen molar-refractivity contribution in [2.24, 2.45) is 7.05 Å². The van der Waals surface area contributed by atoms with Crippen molar-refractivity contribution in [3.05, 3.63) is 53.4 Å². The first-order valence-electron chi connectivity index (χ1n) is 7.07. The van der Waals surface area contributed by atoms with E-state index in [1.807, 2.05) is 24.7 Å². The lowest BCUT2D eigenvalue weighted by Crippen LogP contribution is -2.20. The third-order valence-electron chi connectivity index (χ3n) is 3.71. The van der Waals surface area contributed by atoms with E-state index in [0.717, 1.165) is 30.9 Å². The van der Waals surface area contributed by atoms with E-state index in [1.54, 1.807) is 0 Å². The van der Waals surface area contributed by atoms with Gasteiger partial charge in [-0.25, -0.2) is 0 Å². The third kappa shape index (κ3) is 3.17. The second-order valence-corrected chi connectivity index (χ2v) is 5.04. The number of aryl methyl sites for hydroxylation is 1. The van der Waals surface area contributed by atoms with Crippen LogP contribution in [0.5, 0.6) is 0 Å². The average molecular weight is 269 g/mol. The lowest BCUT2D eigenvalue weighted by atomic mass is 9.99. The molecule has 3 heteroatoms. The minimum absolute atomic E-state index is 0.939. The Bertz CT molecular complexity index is 585. The second-order valence-electron chi connectivity index (χ2n) is 5.04. The summed E-state index contributed by atoms with van der Waals surface area (Å²) < 4.78 is 1.92. The molecular weight excluding hydrogens is 246 g/mol. The summed E-state index contributed by atoms with van der Waals surface area (Å²) in [6.07, 6.45) is 9.48. The molecule has 1 aromatic rings. The summed E-state index contributed by atoms with van der Waals surface area (Å²) in [7, 11) is 1.98. The fourth-order valence-electron chi connectivity index (χ4n) is 2.28. The van der Waals surface area contributed by atoms with Gasteiger partial charge in [0.25, 0.3) is 0 Å². The molecule has 106 valence electrons. The van der Waals surface area contributed by atoms with E-state index in [-0.39, 0.29) is 0 Å². The molecule has 3 nitrogen and oxygen atoms in total. The summed E-state index contributed by atoms with van der Waals surface area (Å²) in [5, 5.41) is 7.88. The van der Waals surface area contributed by atoms with Gasteiger partial charge in [-0.2, -0.15) is 5.10 Å². The molecule has 0 aromatic carbocycles. The molecule has 1 N–H and O–H groups in total. The molecule has 1 aliphatic heterocycles. The first kappa shape index (κ1) is 14.5. The molecule has 0 aliphatic carbocycles. The quantitative estimate of drug-likeness (QED) is 0.850. The fraction of sp³-hybridized carbons (Fsp3) is 0.353. The first-order valence-corrected chi connectivity index (χ1v) is 7.07. The lowest BCUT2D eigenvalue weighted by molar-refractivity contribution is 0.709. The van der Waals surface area contributed by atoms with Gasteiger partial charge in [0, 0.05) is 13.6 Å². The van der Waals surface area contributed by atoms with Crippen LogP contribution in [0.4, 0.5) is 0 Å². The third-order valence-corrected chi connectivity index (χ3v) is 3.71. The predicted molar refractivity (Wildman–Crippen MR) is 86.3 cm³/mol. The van der Waals surface area contributed by atoms with E-state index >= 15 is 0 Å². The zero-order chi connectivity index (χ0) is 14.5. The van der Waals surface area contributed by atoms with Crippen molar-refractivity contribution in [3.8, 4) is 0 Å². The summed E-state index contributed by atoms with van der Waals surface area (Å²) >= 11 is 0. The predicted octanol–water partition coefficient (Wildman–Crippen LogP) is 3.33. The molecule has 0 saturated carbocycles. The van der Waals surface area contributed by atoms with Gasteiger partial charge in [0.1, 0.15) is 0 Å². The van der Waals surface area contributed by atoms with Crippen molar-refractivity contribution in [3.63, 3.8) is 0 Å². The highest BCUT2D eigenvalue weighted by atomic mass is 15.3. The van der Waals surface area contributed by atoms with Crippen LogP contribution in [0.25, 0.3) is 11.6 Å². The number of hydrogen-bond donors (Lipinski definition) is 1. The number of rotatable bonds is 4. The molecule has 20 heavy (non-hydrogen) atoms. The summed E-state index contributed by atoms with van der Waals surface area (Å²) in [5.41, 5.74) is 5.89. The van der Waals surface area contributed by atoms with Crippen molar-refractivity contribution in [2.75, 3.05) is 13.1 Å². The summed E-state index contributed by atoms with van der Waals surface area (Å²) in [4.78, 5) is 0. The van der Waals surface area contributed by atoms with Crippen molar-refractivity contribution in [1.82, 2.24) is 15.1 Å². The largest absolute Gasteiger partial charge is 0.313 e. The molecule has 1 aliphatic rings. The molecule has 0 radical (unpaired) electrons. The monoisotopic (exact) mass is 269 g/mol. The molecule has 0 bridgehead atoms. The molecule has 0 amide bonds. The summed E-state index contributed by atoms with van der Waals surface area (Å²) in [6.45, 7) is 10.0. The maximum absolute atomic E-state index is 4.55. The number of aromatic nitrogens is 2. The van der Waals surface area contributed by atoms with Crippen LogP contribution in [0.1, 0.15) is 31.7 Å². The fourth-order valence-corrected chi connectivity index (χ4v) is 2.28. The Kier molecular flexibility index (Phi) is 4.74. The van der Waals surface area contributed by atoms with Crippen LogP contribution in [-0.4, -0.2) is 22.9 Å². The van der Waals surface area contributed by atoms with Crippen molar-refractivity contribution < 1.29 is 0 Å². The highest BCUT2D eigenvalue weighted by Gasteiger charge is 2.09. The number of hydrogen-bond acceptors (Lipinski definition) is 2. The molecule has 0 fully saturated rings. The number of nitrogens with zero attached hydrogens (tertiary/aromatic N) is 2. The molecule has 2 rings (SSSR count). The van der Waals surface area contributed by atoms with Crippen molar-refractivity contribution in [1.29, 1.82) is 0 Å². The molecule has 0 spiro atoms. The van der Waals surface area contributed by atoms with Gasteiger partial charge in [0.2, 0.25) is 0 Å². The zero-order valence-electron chi connectivity index (χ0n) is 12.6. The second kappa shape index (κ2) is 6.53. The van der Waals surface area contributed by atoms with Gasteiger partial charge >= 0.3 is 0 Å². The Morgan fingerprint density at radius 1 is 1.50 bits per heavy atom. The average Bonchev–Trinajstić information content (AvgIpc) is 2.86. The first-order chi connectivity index (χ1) is 9.65. The Hall–Kier alpha value is -1.87.